The molecule has 1 aliphatic rings. The van der Waals surface area contributed by atoms with Gasteiger partial charge in [-0.05, 0) is 43.5 Å². The number of hydrogen-bond donors (Lipinski definition) is 1. The second kappa shape index (κ2) is 7.18. The number of halogens is 2. The highest BCUT2D eigenvalue weighted by atomic mass is 79.9. The molecule has 2 N–H and O–H groups in total. The van der Waals surface area contributed by atoms with Gasteiger partial charge in [-0.25, -0.2) is 4.39 Å². The van der Waals surface area contributed by atoms with E-state index in [1.165, 1.54) is 6.07 Å². The highest BCUT2D eigenvalue weighted by Crippen LogP contribution is 2.27. The van der Waals surface area contributed by atoms with Crippen LogP contribution in [0.5, 0.6) is 0 Å². The number of hydrogen-bond acceptors (Lipinski definition) is 3. The van der Waals surface area contributed by atoms with Gasteiger partial charge in [-0.2, -0.15) is 0 Å². The molecule has 3 nitrogen and oxygen atoms in total. The van der Waals surface area contributed by atoms with Crippen molar-refractivity contribution in [3.63, 3.8) is 0 Å². The van der Waals surface area contributed by atoms with Gasteiger partial charge in [0.05, 0.1) is 13.2 Å². The van der Waals surface area contributed by atoms with Crippen molar-refractivity contribution in [3.05, 3.63) is 34.1 Å². The minimum atomic E-state index is -0.186. The smallest absolute Gasteiger partial charge is 0.126 e. The first-order valence-corrected chi connectivity index (χ1v) is 8.29. The van der Waals surface area contributed by atoms with Gasteiger partial charge in [-0.15, -0.1) is 0 Å². The molecule has 0 saturated carbocycles. The summed E-state index contributed by atoms with van der Waals surface area (Å²) in [5.74, 6) is -0.186. The van der Waals surface area contributed by atoms with Gasteiger partial charge in [-0.3, -0.25) is 4.90 Å². The standard InChI is InChI=1S/C16H24BrFN2O/c1-3-16(2,20-6-8-21-9-7-20)15(19)11-12-10-13(17)4-5-14(12)18/h4-5,10,15H,3,6-9,11,19H2,1-2H3. The number of nitrogens with zero attached hydrogens (tertiary/aromatic N) is 1. The number of ether oxygens (including phenoxy) is 1. The summed E-state index contributed by atoms with van der Waals surface area (Å²) in [6, 6.07) is 4.91. The lowest BCUT2D eigenvalue weighted by molar-refractivity contribution is -0.0273. The molecule has 1 aliphatic heterocycles. The van der Waals surface area contributed by atoms with Gasteiger partial charge >= 0.3 is 0 Å². The van der Waals surface area contributed by atoms with Crippen molar-refractivity contribution < 1.29 is 9.13 Å². The largest absolute Gasteiger partial charge is 0.379 e. The van der Waals surface area contributed by atoms with Crippen LogP contribution in [0.4, 0.5) is 4.39 Å². The molecule has 1 saturated heterocycles. The summed E-state index contributed by atoms with van der Waals surface area (Å²) in [4.78, 5) is 2.39. The fourth-order valence-corrected chi connectivity index (χ4v) is 3.36. The normalized spacial score (nSPS) is 21.0. The highest BCUT2D eigenvalue weighted by molar-refractivity contribution is 9.10. The third kappa shape index (κ3) is 3.83. The van der Waals surface area contributed by atoms with Crippen LogP contribution in [0.2, 0.25) is 0 Å². The monoisotopic (exact) mass is 358 g/mol. The van der Waals surface area contributed by atoms with E-state index in [2.05, 4.69) is 34.7 Å². The molecule has 0 aliphatic carbocycles. The van der Waals surface area contributed by atoms with Crippen LogP contribution >= 0.6 is 15.9 Å². The Kier molecular flexibility index (Phi) is 5.77. The Morgan fingerprint density at radius 3 is 2.71 bits per heavy atom. The summed E-state index contributed by atoms with van der Waals surface area (Å²) in [7, 11) is 0. The summed E-state index contributed by atoms with van der Waals surface area (Å²) in [5, 5.41) is 0. The molecule has 0 radical (unpaired) electrons. The zero-order valence-corrected chi connectivity index (χ0v) is 14.3. The van der Waals surface area contributed by atoms with Crippen molar-refractivity contribution >= 4 is 15.9 Å². The van der Waals surface area contributed by atoms with Crippen molar-refractivity contribution in [2.24, 2.45) is 5.73 Å². The lowest BCUT2D eigenvalue weighted by Gasteiger charge is -2.46. The van der Waals surface area contributed by atoms with Crippen molar-refractivity contribution in [2.75, 3.05) is 26.3 Å². The fourth-order valence-electron chi connectivity index (χ4n) is 2.95. The van der Waals surface area contributed by atoms with Crippen LogP contribution in [0.15, 0.2) is 22.7 Å². The van der Waals surface area contributed by atoms with Gasteiger partial charge in [0.25, 0.3) is 0 Å². The third-order valence-electron chi connectivity index (χ3n) is 4.70. The Morgan fingerprint density at radius 1 is 1.43 bits per heavy atom. The molecule has 21 heavy (non-hydrogen) atoms. The maximum absolute atomic E-state index is 14.0. The second-order valence-corrected chi connectivity index (χ2v) is 6.77. The lowest BCUT2D eigenvalue weighted by atomic mass is 9.83. The molecular weight excluding hydrogens is 335 g/mol. The topological polar surface area (TPSA) is 38.5 Å². The van der Waals surface area contributed by atoms with E-state index in [-0.39, 0.29) is 17.4 Å². The molecule has 0 bridgehead atoms. The van der Waals surface area contributed by atoms with Crippen molar-refractivity contribution in [3.8, 4) is 0 Å². The second-order valence-electron chi connectivity index (χ2n) is 5.86. The molecule has 5 heteroatoms. The minimum absolute atomic E-state index is 0.121. The number of rotatable bonds is 5. The minimum Gasteiger partial charge on any atom is -0.379 e. The molecule has 1 aromatic rings. The summed E-state index contributed by atoms with van der Waals surface area (Å²) < 4.78 is 20.3. The first-order chi connectivity index (χ1) is 9.97. The molecule has 0 aromatic heterocycles. The van der Waals surface area contributed by atoms with E-state index in [1.807, 2.05) is 6.07 Å². The van der Waals surface area contributed by atoms with E-state index in [0.29, 0.717) is 12.0 Å². The first kappa shape index (κ1) is 16.9. The molecule has 0 spiro atoms. The molecule has 1 fully saturated rings. The first-order valence-electron chi connectivity index (χ1n) is 7.49. The van der Waals surface area contributed by atoms with E-state index < -0.39 is 0 Å². The fraction of sp³-hybridized carbons (Fsp3) is 0.625. The van der Waals surface area contributed by atoms with Crippen LogP contribution in [-0.4, -0.2) is 42.8 Å². The van der Waals surface area contributed by atoms with Gasteiger partial charge < -0.3 is 10.5 Å². The maximum Gasteiger partial charge on any atom is 0.126 e. The van der Waals surface area contributed by atoms with Crippen molar-refractivity contribution in [2.45, 2.75) is 38.3 Å². The Morgan fingerprint density at radius 2 is 2.10 bits per heavy atom. The summed E-state index contributed by atoms with van der Waals surface area (Å²) >= 11 is 3.40. The number of nitrogens with two attached hydrogens (primary N) is 1. The third-order valence-corrected chi connectivity index (χ3v) is 5.19. The predicted molar refractivity (Wildman–Crippen MR) is 86.9 cm³/mol. The van der Waals surface area contributed by atoms with Crippen molar-refractivity contribution in [1.29, 1.82) is 0 Å². The lowest BCUT2D eigenvalue weighted by Crippen LogP contribution is -2.61. The Hall–Kier alpha value is -0.490. The highest BCUT2D eigenvalue weighted by Gasteiger charge is 2.37. The average molecular weight is 359 g/mol. The van der Waals surface area contributed by atoms with Gasteiger partial charge in [-0.1, -0.05) is 22.9 Å². The molecule has 0 amide bonds. The molecular formula is C16H24BrFN2O. The van der Waals surface area contributed by atoms with Crippen LogP contribution in [0.1, 0.15) is 25.8 Å². The molecule has 2 rings (SSSR count). The van der Waals surface area contributed by atoms with Gasteiger partial charge in [0.1, 0.15) is 5.82 Å². The van der Waals surface area contributed by atoms with Gasteiger partial charge in [0, 0.05) is 29.1 Å². The van der Waals surface area contributed by atoms with E-state index in [4.69, 9.17) is 10.5 Å². The van der Waals surface area contributed by atoms with E-state index >= 15 is 0 Å². The molecule has 2 atom stereocenters. The van der Waals surface area contributed by atoms with Crippen LogP contribution < -0.4 is 5.73 Å². The van der Waals surface area contributed by atoms with Gasteiger partial charge in [0.2, 0.25) is 0 Å². The van der Waals surface area contributed by atoms with Crippen LogP contribution in [0, 0.1) is 5.82 Å². The Bertz CT molecular complexity index is 479. The van der Waals surface area contributed by atoms with Crippen molar-refractivity contribution in [1.82, 2.24) is 4.90 Å². The number of benzene rings is 1. The van der Waals surface area contributed by atoms with E-state index in [9.17, 15) is 4.39 Å². The predicted octanol–water partition coefficient (Wildman–Crippen LogP) is 2.96. The molecule has 2 unspecified atom stereocenters. The molecule has 1 heterocycles. The zero-order chi connectivity index (χ0) is 15.5. The molecule has 1 aromatic carbocycles. The quantitative estimate of drug-likeness (QED) is 0.879. The SMILES string of the molecule is CCC(C)(C(N)Cc1cc(Br)ccc1F)N1CCOCC1. The maximum atomic E-state index is 14.0. The molecule has 118 valence electrons. The summed E-state index contributed by atoms with van der Waals surface area (Å²) in [5.41, 5.74) is 7.01. The summed E-state index contributed by atoms with van der Waals surface area (Å²) in [6.07, 6.45) is 1.47. The Balaban J connectivity index is 2.15. The Labute approximate surface area is 134 Å². The van der Waals surface area contributed by atoms with E-state index in [0.717, 1.165) is 37.2 Å². The van der Waals surface area contributed by atoms with Crippen LogP contribution in [-0.2, 0) is 11.2 Å². The number of morpholine rings is 1. The van der Waals surface area contributed by atoms with Gasteiger partial charge in [0.15, 0.2) is 0 Å². The van der Waals surface area contributed by atoms with Crippen LogP contribution in [0.3, 0.4) is 0 Å². The van der Waals surface area contributed by atoms with E-state index in [1.54, 1.807) is 6.07 Å². The van der Waals surface area contributed by atoms with Crippen LogP contribution in [0.25, 0.3) is 0 Å². The zero-order valence-electron chi connectivity index (χ0n) is 12.7. The summed E-state index contributed by atoms with van der Waals surface area (Å²) in [6.45, 7) is 7.59. The average Bonchev–Trinajstić information content (AvgIpc) is 2.51.